The van der Waals surface area contributed by atoms with Crippen LogP contribution in [-0.2, 0) is 4.74 Å². The molecule has 1 atom stereocenters. The Morgan fingerprint density at radius 1 is 1.59 bits per heavy atom. The first-order valence-electron chi connectivity index (χ1n) is 5.25. The van der Waals surface area contributed by atoms with Crippen molar-refractivity contribution in [2.75, 3.05) is 24.6 Å². The van der Waals surface area contributed by atoms with E-state index in [0.29, 0.717) is 18.7 Å². The number of halogens is 1. The van der Waals surface area contributed by atoms with Crippen LogP contribution >= 0.6 is 15.9 Å². The molecular weight excluding hydrogens is 284 g/mol. The van der Waals surface area contributed by atoms with Crippen LogP contribution in [0.2, 0.25) is 0 Å². The Hall–Kier alpha value is -1.38. The maximum Gasteiger partial charge on any atom is 0.161 e. The van der Waals surface area contributed by atoms with Gasteiger partial charge in [0, 0.05) is 22.3 Å². The van der Waals surface area contributed by atoms with Crippen LogP contribution < -0.4 is 4.90 Å². The topological polar surface area (TPSA) is 53.3 Å². The maximum atomic E-state index is 10.7. The second-order valence-corrected chi connectivity index (χ2v) is 4.61. The molecule has 1 saturated heterocycles. The fraction of sp³-hybridized carbons (Fsp3) is 0.333. The minimum Gasteiger partial charge on any atom is -0.365 e. The van der Waals surface area contributed by atoms with Gasteiger partial charge in [-0.1, -0.05) is 0 Å². The van der Waals surface area contributed by atoms with Crippen molar-refractivity contribution >= 4 is 27.9 Å². The van der Waals surface area contributed by atoms with Crippen molar-refractivity contribution in [3.63, 3.8) is 0 Å². The number of benzene rings is 1. The summed E-state index contributed by atoms with van der Waals surface area (Å²) in [7, 11) is 0. The first-order chi connectivity index (χ1) is 8.24. The molecule has 5 heteroatoms. The van der Waals surface area contributed by atoms with Crippen LogP contribution in [0.4, 0.5) is 5.69 Å². The van der Waals surface area contributed by atoms with Gasteiger partial charge in [0.05, 0.1) is 19.2 Å². The molecule has 0 saturated carbocycles. The maximum absolute atomic E-state index is 10.7. The standard InChI is InChI=1S/C12H11BrN2O2/c13-12-5-10(2-1-9(12)8-16)15-3-4-17-11(6-14)7-15/h1-2,5,8,11H,3-4,7H2. The van der Waals surface area contributed by atoms with Gasteiger partial charge in [-0.3, -0.25) is 4.79 Å². The number of anilines is 1. The van der Waals surface area contributed by atoms with E-state index in [4.69, 9.17) is 10.00 Å². The third-order valence-electron chi connectivity index (χ3n) is 2.69. The highest BCUT2D eigenvalue weighted by Gasteiger charge is 2.20. The van der Waals surface area contributed by atoms with Gasteiger partial charge < -0.3 is 9.64 Å². The molecule has 0 N–H and O–H groups in total. The van der Waals surface area contributed by atoms with Crippen LogP contribution in [0.5, 0.6) is 0 Å². The SMILES string of the molecule is N#CC1CN(c2ccc(C=O)c(Br)c2)CCO1. The van der Waals surface area contributed by atoms with E-state index in [9.17, 15) is 4.79 Å². The Kier molecular flexibility index (Phi) is 3.77. The highest BCUT2D eigenvalue weighted by molar-refractivity contribution is 9.10. The quantitative estimate of drug-likeness (QED) is 0.783. The van der Waals surface area contributed by atoms with Gasteiger partial charge in [0.1, 0.15) is 0 Å². The molecular formula is C12H11BrN2O2. The molecule has 1 fully saturated rings. The molecule has 1 heterocycles. The molecule has 1 unspecified atom stereocenters. The Labute approximate surface area is 108 Å². The molecule has 0 spiro atoms. The highest BCUT2D eigenvalue weighted by Crippen LogP contribution is 2.24. The summed E-state index contributed by atoms with van der Waals surface area (Å²) in [6.07, 6.45) is 0.430. The van der Waals surface area contributed by atoms with E-state index in [2.05, 4.69) is 26.9 Å². The average molecular weight is 295 g/mol. The van der Waals surface area contributed by atoms with Crippen molar-refractivity contribution < 1.29 is 9.53 Å². The Morgan fingerprint density at radius 3 is 3.06 bits per heavy atom. The number of rotatable bonds is 2. The van der Waals surface area contributed by atoms with Gasteiger partial charge in [-0.2, -0.15) is 5.26 Å². The highest BCUT2D eigenvalue weighted by atomic mass is 79.9. The summed E-state index contributed by atoms with van der Waals surface area (Å²) in [6.45, 7) is 1.86. The smallest absolute Gasteiger partial charge is 0.161 e. The summed E-state index contributed by atoms with van der Waals surface area (Å²) in [5.74, 6) is 0. The van der Waals surface area contributed by atoms with Crippen molar-refractivity contribution in [1.29, 1.82) is 5.26 Å². The van der Waals surface area contributed by atoms with Gasteiger partial charge in [-0.05, 0) is 34.1 Å². The van der Waals surface area contributed by atoms with E-state index in [1.165, 1.54) is 0 Å². The zero-order valence-corrected chi connectivity index (χ0v) is 10.7. The van der Waals surface area contributed by atoms with Gasteiger partial charge in [0.15, 0.2) is 12.4 Å². The number of hydrogen-bond acceptors (Lipinski definition) is 4. The van der Waals surface area contributed by atoms with Crippen LogP contribution in [0.25, 0.3) is 0 Å². The number of aldehydes is 1. The summed E-state index contributed by atoms with van der Waals surface area (Å²) < 4.78 is 6.05. The average Bonchev–Trinajstić information content (AvgIpc) is 2.38. The number of carbonyl (C=O) groups excluding carboxylic acids is 1. The van der Waals surface area contributed by atoms with Crippen molar-refractivity contribution in [3.8, 4) is 6.07 Å². The van der Waals surface area contributed by atoms with E-state index in [1.54, 1.807) is 6.07 Å². The molecule has 0 amide bonds. The van der Waals surface area contributed by atoms with Gasteiger partial charge in [-0.25, -0.2) is 0 Å². The zero-order chi connectivity index (χ0) is 12.3. The number of ether oxygens (including phenoxy) is 1. The normalized spacial score (nSPS) is 19.8. The van der Waals surface area contributed by atoms with E-state index >= 15 is 0 Å². The predicted octanol–water partition coefficient (Wildman–Crippen LogP) is 1.99. The van der Waals surface area contributed by atoms with E-state index in [1.807, 2.05) is 12.1 Å². The lowest BCUT2D eigenvalue weighted by Crippen LogP contribution is -2.41. The lowest BCUT2D eigenvalue weighted by Gasteiger charge is -2.31. The first-order valence-corrected chi connectivity index (χ1v) is 6.05. The minimum atomic E-state index is -0.381. The van der Waals surface area contributed by atoms with E-state index in [0.717, 1.165) is 23.0 Å². The fourth-order valence-electron chi connectivity index (χ4n) is 1.77. The van der Waals surface area contributed by atoms with Crippen LogP contribution in [0.3, 0.4) is 0 Å². The monoisotopic (exact) mass is 294 g/mol. The molecule has 1 aromatic rings. The first kappa shape index (κ1) is 12.1. The van der Waals surface area contributed by atoms with Crippen LogP contribution in [0.15, 0.2) is 22.7 Å². The predicted molar refractivity (Wildman–Crippen MR) is 67.1 cm³/mol. The lowest BCUT2D eigenvalue weighted by atomic mass is 10.2. The molecule has 0 aliphatic carbocycles. The zero-order valence-electron chi connectivity index (χ0n) is 9.10. The van der Waals surface area contributed by atoms with E-state index in [-0.39, 0.29) is 6.10 Å². The summed E-state index contributed by atoms with van der Waals surface area (Å²) in [4.78, 5) is 12.8. The molecule has 0 aromatic heterocycles. The molecule has 17 heavy (non-hydrogen) atoms. The van der Waals surface area contributed by atoms with Gasteiger partial charge in [0.2, 0.25) is 0 Å². The third-order valence-corrected chi connectivity index (χ3v) is 3.37. The number of nitrogens with zero attached hydrogens (tertiary/aromatic N) is 2. The van der Waals surface area contributed by atoms with E-state index < -0.39 is 0 Å². The van der Waals surface area contributed by atoms with Gasteiger partial charge >= 0.3 is 0 Å². The van der Waals surface area contributed by atoms with Crippen LogP contribution in [0.1, 0.15) is 10.4 Å². The molecule has 88 valence electrons. The largest absolute Gasteiger partial charge is 0.365 e. The van der Waals surface area contributed by atoms with Gasteiger partial charge in [-0.15, -0.1) is 0 Å². The molecule has 0 bridgehead atoms. The van der Waals surface area contributed by atoms with Crippen molar-refractivity contribution in [2.24, 2.45) is 0 Å². The summed E-state index contributed by atoms with van der Waals surface area (Å²) >= 11 is 3.35. The molecule has 0 radical (unpaired) electrons. The van der Waals surface area contributed by atoms with Crippen molar-refractivity contribution in [3.05, 3.63) is 28.2 Å². The fourth-order valence-corrected chi connectivity index (χ4v) is 2.23. The molecule has 1 aliphatic rings. The second-order valence-electron chi connectivity index (χ2n) is 3.76. The summed E-state index contributed by atoms with van der Waals surface area (Å²) in [5, 5.41) is 8.84. The van der Waals surface area contributed by atoms with Crippen LogP contribution in [-0.4, -0.2) is 32.1 Å². The number of carbonyl (C=O) groups is 1. The Bertz CT molecular complexity index is 470. The van der Waals surface area contributed by atoms with Gasteiger partial charge in [0.25, 0.3) is 0 Å². The Balaban J connectivity index is 2.20. The summed E-state index contributed by atoms with van der Waals surface area (Å²) in [6, 6.07) is 7.65. The molecule has 2 rings (SSSR count). The number of nitriles is 1. The number of hydrogen-bond donors (Lipinski definition) is 0. The molecule has 1 aliphatic heterocycles. The van der Waals surface area contributed by atoms with Crippen molar-refractivity contribution in [1.82, 2.24) is 0 Å². The molecule has 1 aromatic carbocycles. The van der Waals surface area contributed by atoms with Crippen LogP contribution in [0, 0.1) is 11.3 Å². The number of morpholine rings is 1. The Morgan fingerprint density at radius 2 is 2.41 bits per heavy atom. The minimum absolute atomic E-state index is 0.381. The molecule has 4 nitrogen and oxygen atoms in total. The lowest BCUT2D eigenvalue weighted by molar-refractivity contribution is 0.0764. The second kappa shape index (κ2) is 5.30. The third kappa shape index (κ3) is 2.65. The van der Waals surface area contributed by atoms with Crippen molar-refractivity contribution in [2.45, 2.75) is 6.10 Å². The summed E-state index contributed by atoms with van der Waals surface area (Å²) in [5.41, 5.74) is 1.62.